The van der Waals surface area contributed by atoms with Crippen LogP contribution in [0.25, 0.3) is 0 Å². The lowest BCUT2D eigenvalue weighted by atomic mass is 9.90. The molecule has 2 amide bonds. The maximum atomic E-state index is 12.4. The molecule has 5 nitrogen and oxygen atoms in total. The predicted molar refractivity (Wildman–Crippen MR) is 83.2 cm³/mol. The van der Waals surface area contributed by atoms with Crippen LogP contribution >= 0.6 is 0 Å². The van der Waals surface area contributed by atoms with Crippen LogP contribution in [-0.4, -0.2) is 58.5 Å². The van der Waals surface area contributed by atoms with E-state index in [-0.39, 0.29) is 17.7 Å². The number of amides is 2. The largest absolute Gasteiger partial charge is 0.390 e. The van der Waals surface area contributed by atoms with Crippen molar-refractivity contribution in [2.75, 3.05) is 26.2 Å². The van der Waals surface area contributed by atoms with E-state index in [1.165, 1.54) is 0 Å². The minimum Gasteiger partial charge on any atom is -0.390 e. The highest BCUT2D eigenvalue weighted by Gasteiger charge is 2.48. The van der Waals surface area contributed by atoms with Crippen LogP contribution in [0.3, 0.4) is 0 Å². The molecule has 3 aliphatic rings. The van der Waals surface area contributed by atoms with Gasteiger partial charge in [-0.05, 0) is 44.9 Å². The number of likely N-dealkylation sites (tertiary alicyclic amines) is 2. The zero-order chi connectivity index (χ0) is 15.6. The Bertz CT molecular complexity index is 434. The third kappa shape index (κ3) is 3.62. The summed E-state index contributed by atoms with van der Waals surface area (Å²) < 4.78 is 0. The van der Waals surface area contributed by atoms with Gasteiger partial charge in [-0.3, -0.25) is 9.59 Å². The Labute approximate surface area is 132 Å². The average Bonchev–Trinajstić information content (AvgIpc) is 3.28. The van der Waals surface area contributed by atoms with Crippen LogP contribution in [0.15, 0.2) is 0 Å². The van der Waals surface area contributed by atoms with Crippen LogP contribution < -0.4 is 0 Å². The fourth-order valence-electron chi connectivity index (χ4n) is 3.86. The van der Waals surface area contributed by atoms with Crippen molar-refractivity contribution in [3.8, 4) is 0 Å². The summed E-state index contributed by atoms with van der Waals surface area (Å²) in [5.41, 5.74) is -0.473. The van der Waals surface area contributed by atoms with Crippen molar-refractivity contribution in [2.24, 2.45) is 5.92 Å². The number of piperidine rings is 2. The van der Waals surface area contributed by atoms with Crippen LogP contribution in [0, 0.1) is 5.92 Å². The Morgan fingerprint density at radius 1 is 1.23 bits per heavy atom. The van der Waals surface area contributed by atoms with Crippen LogP contribution in [0.4, 0.5) is 0 Å². The van der Waals surface area contributed by atoms with Gasteiger partial charge in [0.2, 0.25) is 11.8 Å². The van der Waals surface area contributed by atoms with E-state index in [4.69, 9.17) is 0 Å². The van der Waals surface area contributed by atoms with Crippen molar-refractivity contribution < 1.29 is 14.7 Å². The molecule has 0 spiro atoms. The summed E-state index contributed by atoms with van der Waals surface area (Å²) in [5, 5.41) is 10.2. The fourth-order valence-corrected chi connectivity index (χ4v) is 3.86. The van der Waals surface area contributed by atoms with Gasteiger partial charge in [0.05, 0.1) is 5.60 Å². The second kappa shape index (κ2) is 6.57. The number of hydrogen-bond acceptors (Lipinski definition) is 3. The molecule has 2 saturated heterocycles. The molecule has 0 bridgehead atoms. The molecule has 1 atom stereocenters. The maximum absolute atomic E-state index is 12.4. The molecule has 5 heteroatoms. The molecule has 0 aromatic carbocycles. The third-order valence-corrected chi connectivity index (χ3v) is 5.54. The number of carbonyl (C=O) groups is 2. The Balaban J connectivity index is 1.40. The lowest BCUT2D eigenvalue weighted by molar-refractivity contribution is -0.136. The third-order valence-electron chi connectivity index (χ3n) is 5.54. The minimum atomic E-state index is -0.473. The highest BCUT2D eigenvalue weighted by Crippen LogP contribution is 2.45. The van der Waals surface area contributed by atoms with E-state index in [2.05, 4.69) is 0 Å². The molecule has 1 unspecified atom stereocenters. The highest BCUT2D eigenvalue weighted by atomic mass is 16.3. The van der Waals surface area contributed by atoms with Crippen molar-refractivity contribution in [3.05, 3.63) is 0 Å². The normalized spacial score (nSPS) is 27.9. The van der Waals surface area contributed by atoms with Crippen LogP contribution in [0.2, 0.25) is 0 Å². The fraction of sp³-hybridized carbons (Fsp3) is 0.882. The van der Waals surface area contributed by atoms with Gasteiger partial charge in [-0.2, -0.15) is 0 Å². The summed E-state index contributed by atoms with van der Waals surface area (Å²) in [6.07, 6.45) is 7.89. The van der Waals surface area contributed by atoms with Gasteiger partial charge in [-0.1, -0.05) is 0 Å². The Kier molecular flexibility index (Phi) is 4.71. The molecular formula is C17H28N2O3. The maximum Gasteiger partial charge on any atom is 0.222 e. The standard InChI is InChI=1S/C17H28N2O3/c20-15-6-1-2-10-18(15)11-4-7-16(21)19-12-3-5-14(13-19)17(22)8-9-17/h14,22H,1-13H2. The van der Waals surface area contributed by atoms with Crippen LogP contribution in [0.5, 0.6) is 0 Å². The smallest absolute Gasteiger partial charge is 0.222 e. The highest BCUT2D eigenvalue weighted by molar-refractivity contribution is 5.77. The summed E-state index contributed by atoms with van der Waals surface area (Å²) in [6, 6.07) is 0. The first-order valence-corrected chi connectivity index (χ1v) is 8.86. The zero-order valence-corrected chi connectivity index (χ0v) is 13.4. The summed E-state index contributed by atoms with van der Waals surface area (Å²) in [5.74, 6) is 0.708. The van der Waals surface area contributed by atoms with Crippen molar-refractivity contribution in [3.63, 3.8) is 0 Å². The molecule has 124 valence electrons. The number of rotatable bonds is 5. The van der Waals surface area contributed by atoms with Gasteiger partial charge in [0.15, 0.2) is 0 Å². The second-order valence-corrected chi connectivity index (χ2v) is 7.22. The molecule has 0 radical (unpaired) electrons. The summed E-state index contributed by atoms with van der Waals surface area (Å²) in [4.78, 5) is 27.9. The Hall–Kier alpha value is -1.10. The second-order valence-electron chi connectivity index (χ2n) is 7.22. The SMILES string of the molecule is O=C1CCCCN1CCCC(=O)N1CCCC(C2(O)CC2)C1. The van der Waals surface area contributed by atoms with Gasteiger partial charge in [0, 0.05) is 44.9 Å². The van der Waals surface area contributed by atoms with Crippen molar-refractivity contribution >= 4 is 11.8 Å². The summed E-state index contributed by atoms with van der Waals surface area (Å²) >= 11 is 0. The molecule has 0 aromatic rings. The average molecular weight is 308 g/mol. The van der Waals surface area contributed by atoms with E-state index in [0.717, 1.165) is 64.6 Å². The monoisotopic (exact) mass is 308 g/mol. The van der Waals surface area contributed by atoms with Crippen molar-refractivity contribution in [2.45, 2.75) is 63.4 Å². The van der Waals surface area contributed by atoms with E-state index in [9.17, 15) is 14.7 Å². The quantitative estimate of drug-likeness (QED) is 0.838. The molecule has 3 rings (SSSR count). The van der Waals surface area contributed by atoms with E-state index < -0.39 is 5.60 Å². The van der Waals surface area contributed by atoms with Gasteiger partial charge >= 0.3 is 0 Å². The number of carbonyl (C=O) groups excluding carboxylic acids is 2. The lowest BCUT2D eigenvalue weighted by Gasteiger charge is -2.35. The number of hydrogen-bond donors (Lipinski definition) is 1. The predicted octanol–water partition coefficient (Wildman–Crippen LogP) is 1.54. The first kappa shape index (κ1) is 15.8. The minimum absolute atomic E-state index is 0.193. The van der Waals surface area contributed by atoms with Gasteiger partial charge in [0.1, 0.15) is 0 Å². The topological polar surface area (TPSA) is 60.9 Å². The number of aliphatic hydroxyl groups is 1. The molecule has 1 saturated carbocycles. The van der Waals surface area contributed by atoms with Crippen molar-refractivity contribution in [1.29, 1.82) is 0 Å². The van der Waals surface area contributed by atoms with Crippen LogP contribution in [0.1, 0.15) is 57.8 Å². The van der Waals surface area contributed by atoms with Crippen LogP contribution in [-0.2, 0) is 9.59 Å². The molecular weight excluding hydrogens is 280 g/mol. The van der Waals surface area contributed by atoms with Gasteiger partial charge in [-0.25, -0.2) is 0 Å². The summed E-state index contributed by atoms with van der Waals surface area (Å²) in [6.45, 7) is 3.11. The molecule has 22 heavy (non-hydrogen) atoms. The zero-order valence-electron chi connectivity index (χ0n) is 13.4. The molecule has 2 aliphatic heterocycles. The number of nitrogens with zero attached hydrogens (tertiary/aromatic N) is 2. The lowest BCUT2D eigenvalue weighted by Crippen LogP contribution is -2.44. The molecule has 1 aliphatic carbocycles. The molecule has 0 aromatic heterocycles. The van der Waals surface area contributed by atoms with E-state index in [1.54, 1.807) is 0 Å². The Morgan fingerprint density at radius 2 is 2.05 bits per heavy atom. The van der Waals surface area contributed by atoms with Gasteiger partial charge in [0.25, 0.3) is 0 Å². The molecule has 1 N–H and O–H groups in total. The van der Waals surface area contributed by atoms with Gasteiger partial charge in [-0.15, -0.1) is 0 Å². The van der Waals surface area contributed by atoms with E-state index >= 15 is 0 Å². The van der Waals surface area contributed by atoms with E-state index in [1.807, 2.05) is 9.80 Å². The van der Waals surface area contributed by atoms with Crippen molar-refractivity contribution in [1.82, 2.24) is 9.80 Å². The first-order chi connectivity index (χ1) is 10.6. The Morgan fingerprint density at radius 3 is 2.77 bits per heavy atom. The summed E-state index contributed by atoms with van der Waals surface area (Å²) in [7, 11) is 0. The van der Waals surface area contributed by atoms with E-state index in [0.29, 0.717) is 19.4 Å². The van der Waals surface area contributed by atoms with Gasteiger partial charge < -0.3 is 14.9 Å². The first-order valence-electron chi connectivity index (χ1n) is 8.86. The molecule has 2 heterocycles. The molecule has 3 fully saturated rings.